The van der Waals surface area contributed by atoms with E-state index in [4.69, 9.17) is 33.1 Å². The minimum absolute atomic E-state index is 0.0194. The van der Waals surface area contributed by atoms with Crippen molar-refractivity contribution in [3.05, 3.63) is 0 Å². The van der Waals surface area contributed by atoms with Crippen LogP contribution < -0.4 is 0 Å². The maximum Gasteiger partial charge on any atom is 0.191 e. The molecule has 0 amide bonds. The fourth-order valence-corrected chi connectivity index (χ4v) is 4.49. The highest BCUT2D eigenvalue weighted by Gasteiger charge is 2.17. The highest BCUT2D eigenvalue weighted by molar-refractivity contribution is 7.39. The maximum absolute atomic E-state index is 12.1. The van der Waals surface area contributed by atoms with E-state index in [0.717, 1.165) is 0 Å². The Balaban J connectivity index is 4.02. The first-order chi connectivity index (χ1) is 15.0. The van der Waals surface area contributed by atoms with Crippen molar-refractivity contribution < 1.29 is 47.3 Å². The highest BCUT2D eigenvalue weighted by atomic mass is 31.1. The van der Waals surface area contributed by atoms with Crippen molar-refractivity contribution in [3.8, 4) is 0 Å². The van der Waals surface area contributed by atoms with Crippen LogP contribution in [0.4, 0.5) is 0 Å². The summed E-state index contributed by atoms with van der Waals surface area (Å²) in [6, 6.07) is 0. The zero-order valence-electron chi connectivity index (χ0n) is 20.3. The lowest BCUT2D eigenvalue weighted by molar-refractivity contribution is -0.226. The van der Waals surface area contributed by atoms with Crippen LogP contribution >= 0.6 is 16.1 Å². The van der Waals surface area contributed by atoms with Crippen LogP contribution in [-0.4, -0.2) is 86.0 Å². The number of hydrogen-bond donors (Lipinski definition) is 2. The summed E-state index contributed by atoms with van der Waals surface area (Å²) in [7, 11) is -4.48. The van der Waals surface area contributed by atoms with Crippen LogP contribution in [0.3, 0.4) is 0 Å². The van der Waals surface area contributed by atoms with Crippen LogP contribution in [0.15, 0.2) is 0 Å². The SMILES string of the molecule is CC(O)COC(C)CO[PH](=O)CCCC[PH](=O)OCC(OCC(O)OC(C)C)OC(C)C. The second-order valence-electron chi connectivity index (χ2n) is 8.15. The van der Waals surface area contributed by atoms with Gasteiger partial charge >= 0.3 is 0 Å². The standard InChI is InChI=1S/C20H44O10P2/c1-15(2)29-19(22)13-26-20(30-16(3)4)14-28-32(24)10-8-7-9-31(23)27-12-18(6)25-11-17(5)21/h15-22,31-32H,7-14H2,1-6H3. The van der Waals surface area contributed by atoms with Crippen LogP contribution in [-0.2, 0) is 37.1 Å². The van der Waals surface area contributed by atoms with Gasteiger partial charge in [0.15, 0.2) is 28.6 Å². The normalized spacial score (nSPS) is 17.9. The number of aliphatic hydroxyl groups is 2. The van der Waals surface area contributed by atoms with Gasteiger partial charge < -0.3 is 38.2 Å². The third-order valence-corrected chi connectivity index (χ3v) is 6.27. The molecule has 0 aliphatic rings. The lowest BCUT2D eigenvalue weighted by Gasteiger charge is -2.23. The quantitative estimate of drug-likeness (QED) is 0.136. The predicted octanol–water partition coefficient (Wildman–Crippen LogP) is 3.05. The summed E-state index contributed by atoms with van der Waals surface area (Å²) in [5.74, 6) is 0. The molecule has 12 heteroatoms. The van der Waals surface area contributed by atoms with E-state index in [-0.39, 0.29) is 44.7 Å². The number of ether oxygens (including phenoxy) is 4. The van der Waals surface area contributed by atoms with Gasteiger partial charge in [0.1, 0.15) is 13.2 Å². The Bertz CT molecular complexity index is 505. The molecular weight excluding hydrogens is 462 g/mol. The molecule has 0 aliphatic heterocycles. The highest BCUT2D eigenvalue weighted by Crippen LogP contribution is 2.28. The van der Waals surface area contributed by atoms with Gasteiger partial charge in [-0.1, -0.05) is 0 Å². The fraction of sp³-hybridized carbons (Fsp3) is 1.00. The van der Waals surface area contributed by atoms with Crippen LogP contribution in [0.2, 0.25) is 0 Å². The molecule has 0 saturated heterocycles. The smallest absolute Gasteiger partial charge is 0.191 e. The molecule has 2 N–H and O–H groups in total. The summed E-state index contributed by atoms with van der Waals surface area (Å²) in [6.45, 7) is 11.0. The summed E-state index contributed by atoms with van der Waals surface area (Å²) in [5.41, 5.74) is 0. The lowest BCUT2D eigenvalue weighted by atomic mass is 10.4. The van der Waals surface area contributed by atoms with Crippen molar-refractivity contribution in [1.82, 2.24) is 0 Å². The Morgan fingerprint density at radius 2 is 1.22 bits per heavy atom. The third kappa shape index (κ3) is 20.7. The van der Waals surface area contributed by atoms with E-state index in [1.54, 1.807) is 27.7 Å². The minimum atomic E-state index is -2.29. The van der Waals surface area contributed by atoms with E-state index in [1.807, 2.05) is 13.8 Å². The molecule has 10 nitrogen and oxygen atoms in total. The molecule has 0 aromatic heterocycles. The molecule has 0 aromatic carbocycles. The fourth-order valence-electron chi connectivity index (χ4n) is 2.38. The molecule has 0 fully saturated rings. The average Bonchev–Trinajstić information content (AvgIpc) is 2.69. The van der Waals surface area contributed by atoms with Crippen molar-refractivity contribution in [2.75, 3.05) is 38.8 Å². The Labute approximate surface area is 194 Å². The minimum Gasteiger partial charge on any atom is -0.391 e. The van der Waals surface area contributed by atoms with Crippen molar-refractivity contribution >= 4 is 16.1 Å². The first-order valence-electron chi connectivity index (χ1n) is 11.2. The molecule has 6 unspecified atom stereocenters. The molecule has 0 rings (SSSR count). The molecule has 32 heavy (non-hydrogen) atoms. The largest absolute Gasteiger partial charge is 0.391 e. The van der Waals surface area contributed by atoms with Gasteiger partial charge in [0.2, 0.25) is 0 Å². The van der Waals surface area contributed by atoms with Crippen LogP contribution in [0.25, 0.3) is 0 Å². The van der Waals surface area contributed by atoms with E-state index in [2.05, 4.69) is 0 Å². The van der Waals surface area contributed by atoms with Gasteiger partial charge in [-0.05, 0) is 54.4 Å². The first kappa shape index (κ1) is 32.1. The average molecular weight is 507 g/mol. The lowest BCUT2D eigenvalue weighted by Crippen LogP contribution is -2.31. The summed E-state index contributed by atoms with van der Waals surface area (Å²) < 4.78 is 56.4. The Morgan fingerprint density at radius 3 is 1.72 bits per heavy atom. The molecule has 194 valence electrons. The van der Waals surface area contributed by atoms with E-state index in [0.29, 0.717) is 25.2 Å². The van der Waals surface area contributed by atoms with Gasteiger partial charge in [0, 0.05) is 12.3 Å². The van der Waals surface area contributed by atoms with E-state index >= 15 is 0 Å². The van der Waals surface area contributed by atoms with Crippen molar-refractivity contribution in [2.45, 2.75) is 91.4 Å². The summed E-state index contributed by atoms with van der Waals surface area (Å²) in [4.78, 5) is 0. The zero-order valence-corrected chi connectivity index (χ0v) is 22.3. The first-order valence-corrected chi connectivity index (χ1v) is 14.3. The van der Waals surface area contributed by atoms with Crippen molar-refractivity contribution in [1.29, 1.82) is 0 Å². The van der Waals surface area contributed by atoms with Crippen molar-refractivity contribution in [3.63, 3.8) is 0 Å². The number of hydrogen-bond acceptors (Lipinski definition) is 10. The number of unbranched alkanes of at least 4 members (excludes halogenated alkanes) is 1. The molecule has 0 spiro atoms. The van der Waals surface area contributed by atoms with Gasteiger partial charge in [-0.15, -0.1) is 0 Å². The second kappa shape index (κ2) is 19.4. The number of aliphatic hydroxyl groups excluding tert-OH is 2. The van der Waals surface area contributed by atoms with Gasteiger partial charge in [-0.2, -0.15) is 0 Å². The van der Waals surface area contributed by atoms with Gasteiger partial charge in [0.25, 0.3) is 0 Å². The van der Waals surface area contributed by atoms with Crippen LogP contribution in [0.1, 0.15) is 54.4 Å². The Kier molecular flexibility index (Phi) is 19.5. The third-order valence-electron chi connectivity index (χ3n) is 3.77. The molecule has 6 atom stereocenters. The summed E-state index contributed by atoms with van der Waals surface area (Å²) in [5, 5.41) is 18.9. The van der Waals surface area contributed by atoms with Crippen molar-refractivity contribution in [2.24, 2.45) is 0 Å². The second-order valence-corrected chi connectivity index (χ2v) is 11.2. The number of rotatable bonds is 21. The Morgan fingerprint density at radius 1 is 0.688 bits per heavy atom. The molecule has 0 saturated carbocycles. The van der Waals surface area contributed by atoms with Gasteiger partial charge in [-0.25, -0.2) is 0 Å². The summed E-state index contributed by atoms with van der Waals surface area (Å²) in [6.07, 6.45) is -0.939. The maximum atomic E-state index is 12.1. The van der Waals surface area contributed by atoms with Crippen LogP contribution in [0.5, 0.6) is 0 Å². The zero-order chi connectivity index (χ0) is 24.5. The van der Waals surface area contributed by atoms with Crippen LogP contribution in [0, 0.1) is 0 Å². The van der Waals surface area contributed by atoms with E-state index in [1.165, 1.54) is 0 Å². The van der Waals surface area contributed by atoms with E-state index in [9.17, 15) is 14.2 Å². The summed E-state index contributed by atoms with van der Waals surface area (Å²) >= 11 is 0. The predicted molar refractivity (Wildman–Crippen MR) is 124 cm³/mol. The monoisotopic (exact) mass is 506 g/mol. The topological polar surface area (TPSA) is 130 Å². The Hall–Kier alpha value is 0.140. The molecule has 0 aromatic rings. The molecule has 0 aliphatic carbocycles. The molecular formula is C20H44O10P2. The molecule has 0 radical (unpaired) electrons. The molecule has 0 bridgehead atoms. The van der Waals surface area contributed by atoms with Gasteiger partial charge in [-0.3, -0.25) is 9.13 Å². The molecule has 0 heterocycles. The van der Waals surface area contributed by atoms with E-state index < -0.39 is 34.7 Å². The van der Waals surface area contributed by atoms with Gasteiger partial charge in [0.05, 0.1) is 37.6 Å².